The van der Waals surface area contributed by atoms with E-state index in [1.807, 2.05) is 75.4 Å². The number of Topliss-reactive ketones (excluding diaryl/α,β-unsaturated/α-hetero) is 1. The van der Waals surface area contributed by atoms with Gasteiger partial charge in [0.2, 0.25) is 20.0 Å². The van der Waals surface area contributed by atoms with Crippen molar-refractivity contribution in [2.75, 3.05) is 6.54 Å². The third-order valence-corrected chi connectivity index (χ3v) is 12.8. The van der Waals surface area contributed by atoms with Crippen molar-refractivity contribution >= 4 is 25.8 Å². The van der Waals surface area contributed by atoms with E-state index in [4.69, 9.17) is 0 Å². The Morgan fingerprint density at radius 1 is 0.614 bits per heavy atom. The number of rotatable bonds is 6. The predicted octanol–water partition coefficient (Wildman–Crippen LogP) is 6.14. The highest BCUT2D eigenvalue weighted by molar-refractivity contribution is 7.89. The van der Waals surface area contributed by atoms with Crippen molar-refractivity contribution in [1.29, 1.82) is 0 Å². The fourth-order valence-electron chi connectivity index (χ4n) is 6.62. The first-order valence-corrected chi connectivity index (χ1v) is 17.7. The lowest BCUT2D eigenvalue weighted by molar-refractivity contribution is -0.132. The molecule has 2 aliphatic heterocycles. The van der Waals surface area contributed by atoms with E-state index < -0.39 is 44.1 Å². The Hall–Kier alpha value is -3.63. The first kappa shape index (κ1) is 30.4. The Labute approximate surface area is 260 Å². The molecule has 9 heteroatoms. The zero-order valence-corrected chi connectivity index (χ0v) is 26.6. The van der Waals surface area contributed by atoms with E-state index in [-0.39, 0.29) is 35.0 Å². The Kier molecular flexibility index (Phi) is 8.09. The Balaban J connectivity index is 1.50. The average Bonchev–Trinajstić information content (AvgIpc) is 3.01. The van der Waals surface area contributed by atoms with Gasteiger partial charge in [0.15, 0.2) is 0 Å². The number of ketones is 1. The summed E-state index contributed by atoms with van der Waals surface area (Å²) < 4.78 is 60.5. The first-order chi connectivity index (χ1) is 21.0. The van der Waals surface area contributed by atoms with Crippen LogP contribution in [0, 0.1) is 26.7 Å². The van der Waals surface area contributed by atoms with E-state index >= 15 is 0 Å². The summed E-state index contributed by atoms with van der Waals surface area (Å²) in [6.45, 7) is 5.62. The number of hydrogen-bond acceptors (Lipinski definition) is 5. The summed E-state index contributed by atoms with van der Waals surface area (Å²) in [5.74, 6) is -0.955. The molecule has 2 saturated heterocycles. The number of aryl methyl sites for hydroxylation is 3. The predicted molar refractivity (Wildman–Crippen MR) is 170 cm³/mol. The van der Waals surface area contributed by atoms with Crippen LogP contribution in [0.1, 0.15) is 52.7 Å². The van der Waals surface area contributed by atoms with E-state index in [0.29, 0.717) is 0 Å². The Morgan fingerprint density at radius 2 is 1.18 bits per heavy atom. The van der Waals surface area contributed by atoms with Crippen molar-refractivity contribution in [3.8, 4) is 0 Å². The number of fused-ring (bicyclic) bond motifs is 1. The molecule has 7 nitrogen and oxygen atoms in total. The van der Waals surface area contributed by atoms with Gasteiger partial charge in [-0.3, -0.25) is 4.79 Å². The smallest absolute Gasteiger partial charge is 0.243 e. The van der Waals surface area contributed by atoms with Crippen LogP contribution in [0.5, 0.6) is 0 Å². The van der Waals surface area contributed by atoms with Crippen molar-refractivity contribution in [2.45, 2.75) is 61.5 Å². The molecule has 44 heavy (non-hydrogen) atoms. The van der Waals surface area contributed by atoms with Crippen LogP contribution in [0.3, 0.4) is 0 Å². The second kappa shape index (κ2) is 11.7. The molecular weight excluding hydrogens is 593 g/mol. The van der Waals surface area contributed by atoms with Crippen molar-refractivity contribution in [1.82, 2.24) is 8.61 Å². The topological polar surface area (TPSA) is 91.8 Å². The number of piperidine rings is 2. The molecule has 0 N–H and O–H groups in total. The number of carbonyl (C=O) groups is 1. The lowest BCUT2D eigenvalue weighted by Gasteiger charge is -2.51. The molecule has 2 heterocycles. The SMILES string of the molecule is Cc1ccc(S(=O)(=O)N2C[C@H]3C(=O)CC(c4cccc(C)c4)N(S(=O)(=O)c4ccc(C)cc4)C3CC2c2ccccc2)cc1. The molecule has 6 rings (SSSR count). The molecular formula is C35H36N2O5S2. The van der Waals surface area contributed by atoms with E-state index in [2.05, 4.69) is 0 Å². The summed E-state index contributed by atoms with van der Waals surface area (Å²) in [6.07, 6.45) is 0.100. The van der Waals surface area contributed by atoms with Gasteiger partial charge in [-0.25, -0.2) is 16.8 Å². The Bertz CT molecular complexity index is 1890. The van der Waals surface area contributed by atoms with Gasteiger partial charge in [0.05, 0.1) is 21.9 Å². The van der Waals surface area contributed by atoms with Crippen LogP contribution >= 0.6 is 0 Å². The van der Waals surface area contributed by atoms with Crippen molar-refractivity contribution in [3.63, 3.8) is 0 Å². The highest BCUT2D eigenvalue weighted by Crippen LogP contribution is 2.48. The molecule has 228 valence electrons. The number of nitrogens with zero attached hydrogens (tertiary/aromatic N) is 2. The summed E-state index contributed by atoms with van der Waals surface area (Å²) in [7, 11) is -8.10. The maximum Gasteiger partial charge on any atom is 0.243 e. The van der Waals surface area contributed by atoms with Crippen LogP contribution in [-0.4, -0.2) is 43.8 Å². The van der Waals surface area contributed by atoms with Crippen molar-refractivity contribution < 1.29 is 21.6 Å². The summed E-state index contributed by atoms with van der Waals surface area (Å²) in [5, 5.41) is 0. The quantitative estimate of drug-likeness (QED) is 0.256. The molecule has 0 spiro atoms. The molecule has 0 radical (unpaired) electrons. The van der Waals surface area contributed by atoms with Crippen LogP contribution in [0.4, 0.5) is 0 Å². The van der Waals surface area contributed by atoms with Crippen molar-refractivity contribution in [3.05, 3.63) is 131 Å². The van der Waals surface area contributed by atoms with Gasteiger partial charge in [0.25, 0.3) is 0 Å². The highest BCUT2D eigenvalue weighted by Gasteiger charge is 2.54. The fraction of sp³-hybridized carbons (Fsp3) is 0.286. The molecule has 0 amide bonds. The Morgan fingerprint density at radius 3 is 1.77 bits per heavy atom. The van der Waals surface area contributed by atoms with E-state index in [1.165, 1.54) is 8.61 Å². The van der Waals surface area contributed by atoms with Crippen LogP contribution in [0.25, 0.3) is 0 Å². The second-order valence-corrected chi connectivity index (χ2v) is 15.7. The molecule has 2 fully saturated rings. The largest absolute Gasteiger partial charge is 0.299 e. The maximum absolute atomic E-state index is 14.6. The molecule has 4 aromatic carbocycles. The number of benzene rings is 4. The summed E-state index contributed by atoms with van der Waals surface area (Å²) in [6, 6.07) is 28.2. The van der Waals surface area contributed by atoms with Crippen molar-refractivity contribution in [2.24, 2.45) is 5.92 Å². The minimum atomic E-state index is -4.09. The standard InChI is InChI=1S/C35H36N2O5S2/c1-24-12-16-29(17-13-24)43(39,40)36-23-31-34(21-32(36)27-9-5-4-6-10-27)37(44(41,42)30-18-14-25(2)15-19-30)33(22-35(31)38)28-11-7-8-26(3)20-28/h4-20,31-34H,21-23H2,1-3H3/t31-,32?,33?,34?/m1/s1. The summed E-state index contributed by atoms with van der Waals surface area (Å²) in [4.78, 5) is 14.3. The zero-order valence-electron chi connectivity index (χ0n) is 25.0. The average molecular weight is 629 g/mol. The minimum absolute atomic E-state index is 0.0376. The van der Waals surface area contributed by atoms with Gasteiger partial charge in [0, 0.05) is 24.9 Å². The van der Waals surface area contributed by atoms with Gasteiger partial charge in [-0.1, -0.05) is 95.6 Å². The van der Waals surface area contributed by atoms with Crippen LogP contribution in [0.2, 0.25) is 0 Å². The van der Waals surface area contributed by atoms with Gasteiger partial charge in [-0.15, -0.1) is 0 Å². The molecule has 2 aliphatic rings. The summed E-state index contributed by atoms with van der Waals surface area (Å²) >= 11 is 0. The van der Waals surface area contributed by atoms with Gasteiger partial charge in [-0.05, 0) is 62.6 Å². The minimum Gasteiger partial charge on any atom is -0.299 e. The van der Waals surface area contributed by atoms with E-state index in [1.54, 1.807) is 48.5 Å². The zero-order chi connectivity index (χ0) is 31.2. The monoisotopic (exact) mass is 628 g/mol. The molecule has 4 aromatic rings. The van der Waals surface area contributed by atoms with Crippen LogP contribution < -0.4 is 0 Å². The third-order valence-electron chi connectivity index (χ3n) is 8.93. The summed E-state index contributed by atoms with van der Waals surface area (Å²) in [5.41, 5.74) is 4.33. The molecule has 3 unspecified atom stereocenters. The molecule has 0 saturated carbocycles. The molecule has 0 aliphatic carbocycles. The third kappa shape index (κ3) is 5.54. The molecule has 0 aromatic heterocycles. The van der Waals surface area contributed by atoms with E-state index in [0.717, 1.165) is 27.8 Å². The first-order valence-electron chi connectivity index (χ1n) is 14.8. The normalized spacial score (nSPS) is 23.3. The lowest BCUT2D eigenvalue weighted by atomic mass is 9.77. The molecule has 4 atom stereocenters. The number of hydrogen-bond donors (Lipinski definition) is 0. The van der Waals surface area contributed by atoms with E-state index in [9.17, 15) is 21.6 Å². The van der Waals surface area contributed by atoms with Crippen LogP contribution in [-0.2, 0) is 24.8 Å². The van der Waals surface area contributed by atoms with Crippen LogP contribution in [0.15, 0.2) is 113 Å². The van der Waals surface area contributed by atoms with Gasteiger partial charge in [0.1, 0.15) is 5.78 Å². The second-order valence-electron chi connectivity index (χ2n) is 12.0. The fourth-order valence-corrected chi connectivity index (χ4v) is 10.1. The van der Waals surface area contributed by atoms with Gasteiger partial charge >= 0.3 is 0 Å². The number of carbonyl (C=O) groups excluding carboxylic acids is 1. The van der Waals surface area contributed by atoms with Gasteiger partial charge in [-0.2, -0.15) is 8.61 Å². The lowest BCUT2D eigenvalue weighted by Crippen LogP contribution is -2.60. The maximum atomic E-state index is 14.6. The molecule has 0 bridgehead atoms. The number of sulfonamides is 2. The highest BCUT2D eigenvalue weighted by atomic mass is 32.2. The van der Waals surface area contributed by atoms with Gasteiger partial charge < -0.3 is 0 Å².